The van der Waals surface area contributed by atoms with Gasteiger partial charge in [-0.1, -0.05) is 0 Å². The molecule has 0 aliphatic heterocycles. The van der Waals surface area contributed by atoms with Gasteiger partial charge in [0.2, 0.25) is 11.8 Å². The second-order valence-electron chi connectivity index (χ2n) is 5.84. The number of hydrogen-bond donors (Lipinski definition) is 4. The Labute approximate surface area is 117 Å². The first-order valence-electron chi connectivity index (χ1n) is 5.99. The van der Waals surface area contributed by atoms with Crippen molar-refractivity contribution in [1.82, 2.24) is 10.6 Å². The van der Waals surface area contributed by atoms with Gasteiger partial charge in [0.25, 0.3) is 0 Å². The summed E-state index contributed by atoms with van der Waals surface area (Å²) in [5.41, 5.74) is 2.92. The van der Waals surface area contributed by atoms with E-state index in [0.717, 1.165) is 0 Å². The molecule has 20 heavy (non-hydrogen) atoms. The Morgan fingerprint density at radius 3 is 1.95 bits per heavy atom. The highest BCUT2D eigenvalue weighted by Crippen LogP contribution is 2.19. The molecule has 0 heterocycles. The van der Waals surface area contributed by atoms with Crippen molar-refractivity contribution in [3.63, 3.8) is 0 Å². The molecule has 0 radical (unpaired) electrons. The number of rotatable bonds is 6. The minimum Gasteiger partial charge on any atom is -0.481 e. The van der Waals surface area contributed by atoms with Gasteiger partial charge in [-0.2, -0.15) is 0 Å². The molecular weight excluding hydrogens is 266 g/mol. The number of carboxylic acids is 1. The second kappa shape index (κ2) is 6.36. The maximum Gasteiger partial charge on any atom is 0.321 e. The molecule has 0 aromatic rings. The van der Waals surface area contributed by atoms with Crippen LogP contribution in [0.2, 0.25) is 0 Å². The standard InChI is InChI=1S/C12H21N3O5/c1-11(2,9(18)19)5-7(16)15-10(20)14-6-12(3,4)8(13)17/h5-6H2,1-4H3,(H2,13,17)(H,18,19)(H2,14,15,16,20). The molecule has 5 N–H and O–H groups in total. The van der Waals surface area contributed by atoms with E-state index in [4.69, 9.17) is 10.8 Å². The summed E-state index contributed by atoms with van der Waals surface area (Å²) in [6.07, 6.45) is -0.338. The molecule has 0 spiro atoms. The zero-order chi connectivity index (χ0) is 16.1. The third-order valence-electron chi connectivity index (χ3n) is 2.79. The molecule has 4 amide bonds. The summed E-state index contributed by atoms with van der Waals surface area (Å²) >= 11 is 0. The number of aliphatic carboxylic acids is 1. The number of primary amides is 1. The number of urea groups is 1. The number of amides is 4. The normalized spacial score (nSPS) is 11.6. The Bertz CT molecular complexity index is 429. The monoisotopic (exact) mass is 287 g/mol. The van der Waals surface area contributed by atoms with Crippen LogP contribution in [-0.4, -0.2) is 35.5 Å². The minimum absolute atomic E-state index is 0.0379. The van der Waals surface area contributed by atoms with Crippen LogP contribution in [0.4, 0.5) is 4.79 Å². The molecule has 0 aliphatic rings. The topological polar surface area (TPSA) is 139 Å². The Morgan fingerprint density at radius 2 is 1.55 bits per heavy atom. The summed E-state index contributed by atoms with van der Waals surface area (Å²) in [6.45, 7) is 5.81. The number of carbonyl (C=O) groups excluding carboxylic acids is 3. The van der Waals surface area contributed by atoms with Crippen LogP contribution >= 0.6 is 0 Å². The predicted octanol–water partition coefficient (Wildman–Crippen LogP) is -0.175. The quantitative estimate of drug-likeness (QED) is 0.537. The van der Waals surface area contributed by atoms with Gasteiger partial charge in [-0.05, 0) is 27.7 Å². The number of imide groups is 1. The summed E-state index contributed by atoms with van der Waals surface area (Å²) in [4.78, 5) is 44.8. The maximum atomic E-state index is 11.5. The SMILES string of the molecule is CC(C)(CNC(=O)NC(=O)CC(C)(C)C(=O)O)C(N)=O. The predicted molar refractivity (Wildman–Crippen MR) is 70.6 cm³/mol. The number of carboxylic acid groups (broad SMARTS) is 1. The third kappa shape index (κ3) is 5.68. The van der Waals surface area contributed by atoms with E-state index in [2.05, 4.69) is 5.32 Å². The molecule has 8 nitrogen and oxygen atoms in total. The van der Waals surface area contributed by atoms with E-state index in [-0.39, 0.29) is 13.0 Å². The van der Waals surface area contributed by atoms with Crippen LogP contribution in [0.1, 0.15) is 34.1 Å². The second-order valence-corrected chi connectivity index (χ2v) is 5.84. The Hall–Kier alpha value is -2.12. The Kier molecular flexibility index (Phi) is 5.68. The Balaban J connectivity index is 4.33. The lowest BCUT2D eigenvalue weighted by Gasteiger charge is -2.21. The first-order valence-corrected chi connectivity index (χ1v) is 5.99. The van der Waals surface area contributed by atoms with Crippen molar-refractivity contribution in [3.05, 3.63) is 0 Å². The van der Waals surface area contributed by atoms with Crippen LogP contribution in [0.5, 0.6) is 0 Å². The van der Waals surface area contributed by atoms with E-state index in [9.17, 15) is 19.2 Å². The number of carbonyl (C=O) groups is 4. The van der Waals surface area contributed by atoms with Crippen molar-refractivity contribution in [1.29, 1.82) is 0 Å². The van der Waals surface area contributed by atoms with Crippen molar-refractivity contribution < 1.29 is 24.3 Å². The summed E-state index contributed by atoms with van der Waals surface area (Å²) in [5, 5.41) is 13.2. The van der Waals surface area contributed by atoms with Crippen molar-refractivity contribution in [2.75, 3.05) is 6.54 Å². The van der Waals surface area contributed by atoms with Gasteiger partial charge in [0.1, 0.15) is 0 Å². The van der Waals surface area contributed by atoms with Crippen molar-refractivity contribution >= 4 is 23.8 Å². The van der Waals surface area contributed by atoms with Crippen LogP contribution in [0, 0.1) is 10.8 Å². The number of nitrogens with one attached hydrogen (secondary N) is 2. The molecule has 0 aromatic carbocycles. The van der Waals surface area contributed by atoms with E-state index in [1.54, 1.807) is 13.8 Å². The molecule has 0 aliphatic carbocycles. The summed E-state index contributed by atoms with van der Waals surface area (Å²) in [6, 6.07) is -0.800. The zero-order valence-corrected chi connectivity index (χ0v) is 12.1. The van der Waals surface area contributed by atoms with Gasteiger partial charge < -0.3 is 16.2 Å². The molecule has 0 atom stereocenters. The molecule has 0 aromatic heterocycles. The number of hydrogen-bond acceptors (Lipinski definition) is 4. The van der Waals surface area contributed by atoms with E-state index < -0.39 is 34.6 Å². The molecule has 0 bridgehead atoms. The Morgan fingerprint density at radius 1 is 1.05 bits per heavy atom. The molecule has 0 saturated carbocycles. The maximum absolute atomic E-state index is 11.5. The largest absolute Gasteiger partial charge is 0.481 e. The fraction of sp³-hybridized carbons (Fsp3) is 0.667. The first-order chi connectivity index (χ1) is 8.88. The van der Waals surface area contributed by atoms with Crippen LogP contribution in [0.25, 0.3) is 0 Å². The first kappa shape index (κ1) is 17.9. The number of nitrogens with two attached hydrogens (primary N) is 1. The van der Waals surface area contributed by atoms with Crippen molar-refractivity contribution in [3.8, 4) is 0 Å². The third-order valence-corrected chi connectivity index (χ3v) is 2.79. The average Bonchev–Trinajstić information content (AvgIpc) is 2.25. The van der Waals surface area contributed by atoms with Gasteiger partial charge >= 0.3 is 12.0 Å². The molecule has 0 rings (SSSR count). The lowest BCUT2D eigenvalue weighted by molar-refractivity contribution is -0.149. The van der Waals surface area contributed by atoms with Gasteiger partial charge in [-0.25, -0.2) is 4.79 Å². The van der Waals surface area contributed by atoms with E-state index in [1.165, 1.54) is 13.8 Å². The van der Waals surface area contributed by atoms with E-state index in [1.807, 2.05) is 5.32 Å². The van der Waals surface area contributed by atoms with E-state index >= 15 is 0 Å². The molecule has 0 fully saturated rings. The van der Waals surface area contributed by atoms with Gasteiger partial charge in [0, 0.05) is 13.0 Å². The molecular formula is C12H21N3O5. The van der Waals surface area contributed by atoms with Gasteiger partial charge in [-0.15, -0.1) is 0 Å². The highest BCUT2D eigenvalue weighted by atomic mass is 16.4. The fourth-order valence-electron chi connectivity index (χ4n) is 1.08. The lowest BCUT2D eigenvalue weighted by Crippen LogP contribution is -2.47. The molecule has 8 heteroatoms. The van der Waals surface area contributed by atoms with E-state index in [0.29, 0.717) is 0 Å². The molecule has 0 unspecified atom stereocenters. The van der Waals surface area contributed by atoms with Crippen LogP contribution in [-0.2, 0) is 14.4 Å². The van der Waals surface area contributed by atoms with Gasteiger partial charge in [0.15, 0.2) is 0 Å². The average molecular weight is 287 g/mol. The van der Waals surface area contributed by atoms with Gasteiger partial charge in [0.05, 0.1) is 10.8 Å². The summed E-state index contributed by atoms with van der Waals surface area (Å²) < 4.78 is 0. The van der Waals surface area contributed by atoms with Crippen LogP contribution < -0.4 is 16.4 Å². The highest BCUT2D eigenvalue weighted by molar-refractivity contribution is 5.96. The summed E-state index contributed by atoms with van der Waals surface area (Å²) in [7, 11) is 0. The smallest absolute Gasteiger partial charge is 0.321 e. The zero-order valence-electron chi connectivity index (χ0n) is 12.1. The molecule has 114 valence electrons. The van der Waals surface area contributed by atoms with Crippen molar-refractivity contribution in [2.24, 2.45) is 16.6 Å². The van der Waals surface area contributed by atoms with Crippen molar-refractivity contribution in [2.45, 2.75) is 34.1 Å². The fourth-order valence-corrected chi connectivity index (χ4v) is 1.08. The molecule has 0 saturated heterocycles. The van der Waals surface area contributed by atoms with Crippen LogP contribution in [0.15, 0.2) is 0 Å². The highest BCUT2D eigenvalue weighted by Gasteiger charge is 2.31. The van der Waals surface area contributed by atoms with Gasteiger partial charge in [-0.3, -0.25) is 19.7 Å². The van der Waals surface area contributed by atoms with Crippen LogP contribution in [0.3, 0.4) is 0 Å². The summed E-state index contributed by atoms with van der Waals surface area (Å²) in [5.74, 6) is -2.44. The lowest BCUT2D eigenvalue weighted by atomic mass is 9.89. The minimum atomic E-state index is -1.27.